The summed E-state index contributed by atoms with van der Waals surface area (Å²) in [5, 5.41) is 22.2. The summed E-state index contributed by atoms with van der Waals surface area (Å²) in [7, 11) is 0. The van der Waals surface area contributed by atoms with Crippen molar-refractivity contribution in [3.05, 3.63) is 32.6 Å². The molecule has 20 heavy (non-hydrogen) atoms. The van der Waals surface area contributed by atoms with Crippen LogP contribution in [0.1, 0.15) is 18.0 Å². The fourth-order valence-electron chi connectivity index (χ4n) is 3.21. The monoisotopic (exact) mass is 281 g/mol. The van der Waals surface area contributed by atoms with Crippen LogP contribution in [-0.2, 0) is 4.79 Å². The van der Waals surface area contributed by atoms with Crippen LogP contribution in [0.2, 0.25) is 0 Å². The molecule has 0 radical (unpaired) electrons. The molecular formula is C12H15N3O5. The van der Waals surface area contributed by atoms with Crippen molar-refractivity contribution in [2.75, 3.05) is 6.61 Å². The molecule has 1 saturated carbocycles. The van der Waals surface area contributed by atoms with Gasteiger partial charge in [0, 0.05) is 11.8 Å². The minimum Gasteiger partial charge on any atom is -0.395 e. The van der Waals surface area contributed by atoms with Gasteiger partial charge in [0.2, 0.25) is 5.91 Å². The van der Waals surface area contributed by atoms with E-state index in [9.17, 15) is 24.6 Å². The molecule has 1 aliphatic heterocycles. The molecule has 8 nitrogen and oxygen atoms in total. The van der Waals surface area contributed by atoms with Crippen molar-refractivity contribution >= 4 is 5.91 Å². The zero-order valence-corrected chi connectivity index (χ0v) is 10.8. The molecule has 2 bridgehead atoms. The van der Waals surface area contributed by atoms with Crippen molar-refractivity contribution in [1.29, 1.82) is 0 Å². The third-order valence-electron chi connectivity index (χ3n) is 4.43. The van der Waals surface area contributed by atoms with Gasteiger partial charge in [-0.3, -0.25) is 19.1 Å². The largest absolute Gasteiger partial charge is 0.395 e. The molecule has 4 N–H and O–H groups in total. The van der Waals surface area contributed by atoms with Gasteiger partial charge in [-0.25, -0.2) is 4.79 Å². The molecule has 108 valence electrons. The molecule has 1 unspecified atom stereocenters. The molecule has 1 aromatic heterocycles. The Kier molecular flexibility index (Phi) is 2.63. The van der Waals surface area contributed by atoms with Gasteiger partial charge in [0.05, 0.1) is 24.8 Å². The van der Waals surface area contributed by atoms with E-state index in [1.807, 2.05) is 0 Å². The first kappa shape index (κ1) is 13.1. The number of aliphatic hydroxyl groups excluding tert-OH is 2. The number of amides is 1. The van der Waals surface area contributed by atoms with Crippen LogP contribution in [0.3, 0.4) is 0 Å². The molecule has 0 aromatic carbocycles. The maximum absolute atomic E-state index is 11.9. The summed E-state index contributed by atoms with van der Waals surface area (Å²) < 4.78 is 1.31. The molecule has 1 amide bonds. The van der Waals surface area contributed by atoms with Crippen LogP contribution in [0.15, 0.2) is 15.8 Å². The molecule has 2 aliphatic rings. The fraction of sp³-hybridized carbons (Fsp3) is 0.583. The van der Waals surface area contributed by atoms with Crippen LogP contribution in [0.5, 0.6) is 0 Å². The Morgan fingerprint density at radius 3 is 2.75 bits per heavy atom. The number of nitrogens with one attached hydrogen (secondary N) is 2. The number of aromatic amines is 1. The molecular weight excluding hydrogens is 266 g/mol. The number of aliphatic hydroxyl groups is 2. The van der Waals surface area contributed by atoms with Gasteiger partial charge in [0.15, 0.2) is 0 Å². The predicted molar refractivity (Wildman–Crippen MR) is 67.2 cm³/mol. The number of rotatable bonds is 2. The number of aryl methyl sites for hydroxylation is 1. The number of aromatic nitrogens is 2. The third kappa shape index (κ3) is 1.46. The van der Waals surface area contributed by atoms with Crippen LogP contribution >= 0.6 is 0 Å². The van der Waals surface area contributed by atoms with Crippen LogP contribution in [0.25, 0.3) is 0 Å². The summed E-state index contributed by atoms with van der Waals surface area (Å²) in [4.78, 5) is 37.3. The summed E-state index contributed by atoms with van der Waals surface area (Å²) in [5.74, 6) is -0.400. The maximum atomic E-state index is 11.9. The molecule has 1 aromatic rings. The van der Waals surface area contributed by atoms with Gasteiger partial charge in [-0.2, -0.15) is 0 Å². The third-order valence-corrected chi connectivity index (χ3v) is 4.43. The molecule has 1 saturated heterocycles. The molecule has 0 spiro atoms. The van der Waals surface area contributed by atoms with Gasteiger partial charge in [-0.1, -0.05) is 0 Å². The van der Waals surface area contributed by atoms with Crippen LogP contribution in [0, 0.1) is 12.3 Å². The van der Waals surface area contributed by atoms with Crippen molar-refractivity contribution in [1.82, 2.24) is 14.9 Å². The molecule has 2 heterocycles. The van der Waals surface area contributed by atoms with Gasteiger partial charge in [0.1, 0.15) is 5.41 Å². The Morgan fingerprint density at radius 1 is 1.45 bits per heavy atom. The number of carbonyl (C=O) groups excluding carboxylic acids is 1. The molecule has 2 fully saturated rings. The number of nitrogens with zero attached hydrogens (tertiary/aromatic N) is 1. The maximum Gasteiger partial charge on any atom is 0.328 e. The second kappa shape index (κ2) is 4.03. The molecule has 8 heteroatoms. The number of H-pyrrole nitrogens is 1. The second-order valence-corrected chi connectivity index (χ2v) is 5.51. The summed E-state index contributed by atoms with van der Waals surface area (Å²) in [5.41, 5.74) is -1.95. The highest BCUT2D eigenvalue weighted by molar-refractivity contribution is 5.88. The SMILES string of the molecule is Cc1cn([C@@H]2C[C@@]3(CO)C(=O)NC2[C@H]3O)c(=O)[nH]c1=O. The number of fused-ring (bicyclic) bond motifs is 2. The van der Waals surface area contributed by atoms with Gasteiger partial charge >= 0.3 is 5.69 Å². The zero-order chi connectivity index (χ0) is 14.7. The van der Waals surface area contributed by atoms with Crippen LogP contribution < -0.4 is 16.6 Å². The van der Waals surface area contributed by atoms with Crippen molar-refractivity contribution in [2.24, 2.45) is 5.41 Å². The lowest BCUT2D eigenvalue weighted by molar-refractivity contribution is -0.134. The Bertz CT molecular complexity index is 693. The van der Waals surface area contributed by atoms with Crippen LogP contribution in [-0.4, -0.2) is 44.4 Å². The highest BCUT2D eigenvalue weighted by Crippen LogP contribution is 2.48. The highest BCUT2D eigenvalue weighted by Gasteiger charge is 2.64. The van der Waals surface area contributed by atoms with Gasteiger partial charge < -0.3 is 15.5 Å². The first-order valence-corrected chi connectivity index (χ1v) is 6.32. The van der Waals surface area contributed by atoms with E-state index in [0.29, 0.717) is 5.56 Å². The van der Waals surface area contributed by atoms with E-state index >= 15 is 0 Å². The highest BCUT2D eigenvalue weighted by atomic mass is 16.3. The summed E-state index contributed by atoms with van der Waals surface area (Å²) in [6, 6.07) is -1.13. The van der Waals surface area contributed by atoms with Gasteiger partial charge in [0.25, 0.3) is 5.56 Å². The fourth-order valence-corrected chi connectivity index (χ4v) is 3.21. The van der Waals surface area contributed by atoms with E-state index in [1.165, 1.54) is 10.8 Å². The Balaban J connectivity index is 2.07. The van der Waals surface area contributed by atoms with E-state index in [-0.39, 0.29) is 6.42 Å². The first-order valence-electron chi connectivity index (χ1n) is 6.32. The minimum atomic E-state index is -1.27. The van der Waals surface area contributed by atoms with E-state index in [1.54, 1.807) is 6.92 Å². The zero-order valence-electron chi connectivity index (χ0n) is 10.8. The molecule has 4 atom stereocenters. The Hall–Kier alpha value is -1.93. The molecule has 3 rings (SSSR count). The number of hydrogen-bond donors (Lipinski definition) is 4. The van der Waals surface area contributed by atoms with Crippen LogP contribution in [0.4, 0.5) is 0 Å². The number of carbonyl (C=O) groups is 1. The van der Waals surface area contributed by atoms with Gasteiger partial charge in [-0.15, -0.1) is 0 Å². The standard InChI is InChI=1S/C12H15N3O5/c1-5-3-15(11(20)14-9(5)18)6-2-12(4-16)8(17)7(6)13-10(12)19/h3,6-8,16-17H,2,4H2,1H3,(H,13,19)(H,14,18,20)/t6-,7?,8-,12+/m1/s1. The van der Waals surface area contributed by atoms with E-state index in [0.717, 1.165) is 0 Å². The summed E-state index contributed by atoms with van der Waals surface area (Å²) in [6.45, 7) is 1.09. The average molecular weight is 281 g/mol. The smallest absolute Gasteiger partial charge is 0.328 e. The van der Waals surface area contributed by atoms with E-state index < -0.39 is 47.4 Å². The van der Waals surface area contributed by atoms with Crippen molar-refractivity contribution in [3.8, 4) is 0 Å². The van der Waals surface area contributed by atoms with Crippen molar-refractivity contribution in [2.45, 2.75) is 31.5 Å². The van der Waals surface area contributed by atoms with Gasteiger partial charge in [-0.05, 0) is 13.3 Å². The summed E-state index contributed by atoms with van der Waals surface area (Å²) >= 11 is 0. The lowest BCUT2D eigenvalue weighted by Gasteiger charge is -2.28. The molecule has 1 aliphatic carbocycles. The van der Waals surface area contributed by atoms with Crippen molar-refractivity contribution in [3.63, 3.8) is 0 Å². The second-order valence-electron chi connectivity index (χ2n) is 5.51. The van der Waals surface area contributed by atoms with E-state index in [4.69, 9.17) is 0 Å². The van der Waals surface area contributed by atoms with E-state index in [2.05, 4.69) is 10.3 Å². The predicted octanol–water partition coefficient (Wildman–Crippen LogP) is -2.37. The summed E-state index contributed by atoms with van der Waals surface area (Å²) in [6.07, 6.45) is 0.521. The Labute approximate surface area is 113 Å². The number of piperidine rings is 1. The lowest BCUT2D eigenvalue weighted by atomic mass is 9.85. The quantitative estimate of drug-likeness (QED) is 0.482. The Morgan fingerprint density at radius 2 is 2.15 bits per heavy atom. The lowest BCUT2D eigenvalue weighted by Crippen LogP contribution is -2.46. The average Bonchev–Trinajstić information content (AvgIpc) is 2.81. The first-order chi connectivity index (χ1) is 9.40. The number of hydrogen-bond acceptors (Lipinski definition) is 5. The normalized spacial score (nSPS) is 35.4. The minimum absolute atomic E-state index is 0.159. The topological polar surface area (TPSA) is 124 Å². The van der Waals surface area contributed by atoms with Crippen molar-refractivity contribution < 1.29 is 15.0 Å².